The van der Waals surface area contributed by atoms with E-state index in [1.807, 2.05) is 36.4 Å². The maximum absolute atomic E-state index is 9.74. The molecule has 0 saturated carbocycles. The second-order valence-corrected chi connectivity index (χ2v) is 5.16. The summed E-state index contributed by atoms with van der Waals surface area (Å²) in [5.41, 5.74) is 3.09. The Morgan fingerprint density at radius 2 is 1.89 bits per heavy atom. The van der Waals surface area contributed by atoms with Crippen LogP contribution in [0.2, 0.25) is 0 Å². The Balaban J connectivity index is 2.15. The van der Waals surface area contributed by atoms with Crippen molar-refractivity contribution in [2.75, 3.05) is 5.32 Å². The van der Waals surface area contributed by atoms with E-state index in [-0.39, 0.29) is 0 Å². The molecular weight excluding hydrogens is 290 g/mol. The first-order chi connectivity index (χ1) is 8.66. The highest BCUT2D eigenvalue weighted by Crippen LogP contribution is 2.26. The lowest BCUT2D eigenvalue weighted by molar-refractivity contribution is 0.200. The van der Waals surface area contributed by atoms with Gasteiger partial charge in [-0.05, 0) is 24.6 Å². The van der Waals surface area contributed by atoms with Gasteiger partial charge in [-0.15, -0.1) is 0 Å². The lowest BCUT2D eigenvalue weighted by atomic mass is 10.1. The molecular formula is C15H16BrNO. The summed E-state index contributed by atoms with van der Waals surface area (Å²) in [4.78, 5) is 0. The number of benzene rings is 2. The van der Waals surface area contributed by atoms with E-state index in [9.17, 15) is 5.11 Å². The molecule has 0 radical (unpaired) electrons. The fourth-order valence-corrected chi connectivity index (χ4v) is 2.20. The SMILES string of the molecule is CC(O)c1ccc(Br)cc1NCc1ccccc1. The van der Waals surface area contributed by atoms with Gasteiger partial charge in [0.2, 0.25) is 0 Å². The molecule has 94 valence electrons. The van der Waals surface area contributed by atoms with Gasteiger partial charge in [-0.25, -0.2) is 0 Å². The Morgan fingerprint density at radius 1 is 1.17 bits per heavy atom. The molecule has 2 nitrogen and oxygen atoms in total. The predicted octanol–water partition coefficient (Wildman–Crippen LogP) is 4.11. The molecule has 0 aliphatic rings. The maximum atomic E-state index is 9.74. The van der Waals surface area contributed by atoms with Gasteiger partial charge >= 0.3 is 0 Å². The molecule has 0 aliphatic heterocycles. The Bertz CT molecular complexity index is 511. The number of anilines is 1. The van der Waals surface area contributed by atoms with Crippen LogP contribution in [0, 0.1) is 0 Å². The fraction of sp³-hybridized carbons (Fsp3) is 0.200. The van der Waals surface area contributed by atoms with E-state index < -0.39 is 6.10 Å². The summed E-state index contributed by atoms with van der Waals surface area (Å²) in [6.45, 7) is 2.52. The van der Waals surface area contributed by atoms with Crippen molar-refractivity contribution in [1.29, 1.82) is 0 Å². The topological polar surface area (TPSA) is 32.3 Å². The van der Waals surface area contributed by atoms with E-state index in [0.29, 0.717) is 0 Å². The van der Waals surface area contributed by atoms with Gasteiger partial charge in [0.1, 0.15) is 0 Å². The van der Waals surface area contributed by atoms with Crippen LogP contribution in [0.5, 0.6) is 0 Å². The number of rotatable bonds is 4. The van der Waals surface area contributed by atoms with Gasteiger partial charge in [0.05, 0.1) is 6.10 Å². The Hall–Kier alpha value is -1.32. The molecule has 2 aromatic rings. The molecule has 0 spiro atoms. The lowest BCUT2D eigenvalue weighted by Gasteiger charge is -2.14. The second-order valence-electron chi connectivity index (χ2n) is 4.25. The minimum absolute atomic E-state index is 0.476. The first-order valence-corrected chi connectivity index (χ1v) is 6.71. The zero-order valence-electron chi connectivity index (χ0n) is 10.2. The van der Waals surface area contributed by atoms with Crippen LogP contribution in [0.3, 0.4) is 0 Å². The van der Waals surface area contributed by atoms with Gasteiger partial charge in [0, 0.05) is 22.3 Å². The average molecular weight is 306 g/mol. The molecule has 2 aromatic carbocycles. The summed E-state index contributed by atoms with van der Waals surface area (Å²) >= 11 is 3.45. The van der Waals surface area contributed by atoms with Gasteiger partial charge in [-0.2, -0.15) is 0 Å². The predicted molar refractivity (Wildman–Crippen MR) is 78.5 cm³/mol. The van der Waals surface area contributed by atoms with Crippen LogP contribution in [0.1, 0.15) is 24.2 Å². The smallest absolute Gasteiger partial charge is 0.0781 e. The van der Waals surface area contributed by atoms with Crippen LogP contribution in [0.4, 0.5) is 5.69 Å². The quantitative estimate of drug-likeness (QED) is 0.891. The monoisotopic (exact) mass is 305 g/mol. The first-order valence-electron chi connectivity index (χ1n) is 5.92. The number of aliphatic hydroxyl groups excluding tert-OH is 1. The molecule has 1 unspecified atom stereocenters. The van der Waals surface area contributed by atoms with E-state index in [1.165, 1.54) is 5.56 Å². The molecule has 0 fully saturated rings. The van der Waals surface area contributed by atoms with Crippen LogP contribution in [-0.2, 0) is 6.54 Å². The summed E-state index contributed by atoms with van der Waals surface area (Å²) in [6, 6.07) is 16.1. The molecule has 3 heteroatoms. The maximum Gasteiger partial charge on any atom is 0.0781 e. The number of halogens is 1. The molecule has 2 rings (SSSR count). The van der Waals surface area contributed by atoms with Crippen molar-refractivity contribution in [1.82, 2.24) is 0 Å². The van der Waals surface area contributed by atoms with Crippen LogP contribution in [0.15, 0.2) is 53.0 Å². The zero-order chi connectivity index (χ0) is 13.0. The summed E-state index contributed by atoms with van der Waals surface area (Å²) < 4.78 is 1.00. The highest BCUT2D eigenvalue weighted by atomic mass is 79.9. The van der Waals surface area contributed by atoms with Crippen LogP contribution >= 0.6 is 15.9 Å². The zero-order valence-corrected chi connectivity index (χ0v) is 11.8. The summed E-state index contributed by atoms with van der Waals surface area (Å²) in [5.74, 6) is 0. The summed E-state index contributed by atoms with van der Waals surface area (Å²) in [7, 11) is 0. The fourth-order valence-electron chi connectivity index (χ4n) is 1.84. The van der Waals surface area contributed by atoms with Crippen molar-refractivity contribution in [3.63, 3.8) is 0 Å². The molecule has 0 heterocycles. The van der Waals surface area contributed by atoms with Crippen molar-refractivity contribution >= 4 is 21.6 Å². The Labute approximate surface area is 116 Å². The largest absolute Gasteiger partial charge is 0.389 e. The van der Waals surface area contributed by atoms with E-state index in [4.69, 9.17) is 0 Å². The van der Waals surface area contributed by atoms with Crippen molar-refractivity contribution in [3.8, 4) is 0 Å². The molecule has 0 aromatic heterocycles. The second kappa shape index (κ2) is 6.03. The summed E-state index contributed by atoms with van der Waals surface area (Å²) in [6.07, 6.45) is -0.476. The Morgan fingerprint density at radius 3 is 2.56 bits per heavy atom. The normalized spacial score (nSPS) is 12.2. The first kappa shape index (κ1) is 13.1. The van der Waals surface area contributed by atoms with Crippen LogP contribution in [0.25, 0.3) is 0 Å². The standard InChI is InChI=1S/C15H16BrNO/c1-11(18)14-8-7-13(16)9-15(14)17-10-12-5-3-2-4-6-12/h2-9,11,17-18H,10H2,1H3. The van der Waals surface area contributed by atoms with Crippen molar-refractivity contribution in [2.45, 2.75) is 19.6 Å². The van der Waals surface area contributed by atoms with Crippen LogP contribution in [-0.4, -0.2) is 5.11 Å². The third-order valence-corrected chi connectivity index (χ3v) is 3.28. The lowest BCUT2D eigenvalue weighted by Crippen LogP contribution is -2.04. The summed E-state index contributed by atoms with van der Waals surface area (Å²) in [5, 5.41) is 13.1. The van der Waals surface area contributed by atoms with E-state index in [0.717, 1.165) is 22.3 Å². The van der Waals surface area contributed by atoms with Gasteiger partial charge in [0.25, 0.3) is 0 Å². The van der Waals surface area contributed by atoms with Crippen molar-refractivity contribution < 1.29 is 5.11 Å². The minimum atomic E-state index is -0.476. The average Bonchev–Trinajstić information content (AvgIpc) is 2.37. The minimum Gasteiger partial charge on any atom is -0.389 e. The number of hydrogen-bond acceptors (Lipinski definition) is 2. The third kappa shape index (κ3) is 3.34. The van der Waals surface area contributed by atoms with E-state index in [2.05, 4.69) is 33.4 Å². The molecule has 0 aliphatic carbocycles. The number of hydrogen-bond donors (Lipinski definition) is 2. The van der Waals surface area contributed by atoms with Gasteiger partial charge in [0.15, 0.2) is 0 Å². The molecule has 18 heavy (non-hydrogen) atoms. The van der Waals surface area contributed by atoms with Gasteiger partial charge in [-0.1, -0.05) is 52.3 Å². The van der Waals surface area contributed by atoms with Gasteiger partial charge in [-0.3, -0.25) is 0 Å². The van der Waals surface area contributed by atoms with Crippen molar-refractivity contribution in [3.05, 3.63) is 64.1 Å². The highest BCUT2D eigenvalue weighted by Gasteiger charge is 2.08. The van der Waals surface area contributed by atoms with Gasteiger partial charge < -0.3 is 10.4 Å². The van der Waals surface area contributed by atoms with E-state index in [1.54, 1.807) is 6.92 Å². The highest BCUT2D eigenvalue weighted by molar-refractivity contribution is 9.10. The molecule has 2 N–H and O–H groups in total. The molecule has 0 bridgehead atoms. The van der Waals surface area contributed by atoms with Crippen LogP contribution < -0.4 is 5.32 Å². The number of aliphatic hydroxyl groups is 1. The molecule has 0 saturated heterocycles. The number of nitrogens with one attached hydrogen (secondary N) is 1. The third-order valence-electron chi connectivity index (χ3n) is 2.79. The van der Waals surface area contributed by atoms with Crippen molar-refractivity contribution in [2.24, 2.45) is 0 Å². The molecule has 1 atom stereocenters. The molecule has 0 amide bonds. The van der Waals surface area contributed by atoms with E-state index >= 15 is 0 Å². The Kier molecular flexibility index (Phi) is 4.39.